The Morgan fingerprint density at radius 3 is 2.36 bits per heavy atom. The second-order valence-corrected chi connectivity index (χ2v) is 16.6. The molecule has 5 rings (SSSR count). The smallest absolute Gasteiger partial charge is 0.410 e. The molecule has 0 bridgehead atoms. The summed E-state index contributed by atoms with van der Waals surface area (Å²) in [6.07, 6.45) is -3.57. The van der Waals surface area contributed by atoms with E-state index < -0.39 is 83.9 Å². The number of aromatic nitrogens is 1. The lowest BCUT2D eigenvalue weighted by Gasteiger charge is -2.45. The van der Waals surface area contributed by atoms with Gasteiger partial charge < -0.3 is 39.0 Å². The van der Waals surface area contributed by atoms with Crippen LogP contribution < -0.4 is 0 Å². The number of nitrogens with zero attached hydrogens (tertiary/aromatic N) is 3. The number of likely N-dealkylation sites (N-methyl/N-ethyl adjacent to an activating group) is 1. The predicted molar refractivity (Wildman–Crippen MR) is 205 cm³/mol. The largest absolute Gasteiger partial charge is 0.458 e. The summed E-state index contributed by atoms with van der Waals surface area (Å²) in [5.74, 6) is -5.41. The minimum Gasteiger partial charge on any atom is -0.458 e. The van der Waals surface area contributed by atoms with Crippen LogP contribution in [0.5, 0.6) is 0 Å². The average molecular weight is 768 g/mol. The first-order valence-corrected chi connectivity index (χ1v) is 19.9. The zero-order valence-corrected chi connectivity index (χ0v) is 33.8. The van der Waals surface area contributed by atoms with E-state index in [9.17, 15) is 29.4 Å². The van der Waals surface area contributed by atoms with E-state index in [1.807, 2.05) is 62.3 Å². The third-order valence-electron chi connectivity index (χ3n) is 12.0. The van der Waals surface area contributed by atoms with Gasteiger partial charge in [0.25, 0.3) is 0 Å². The minimum absolute atomic E-state index is 0.102. The van der Waals surface area contributed by atoms with E-state index >= 15 is 0 Å². The Kier molecular flexibility index (Phi) is 13.8. The van der Waals surface area contributed by atoms with E-state index in [2.05, 4.69) is 0 Å². The molecule has 0 unspecified atom stereocenters. The molecule has 13 heteroatoms. The van der Waals surface area contributed by atoms with Crippen LogP contribution in [0.15, 0.2) is 36.4 Å². The Hall–Kier alpha value is -3.49. The molecule has 13 nitrogen and oxygen atoms in total. The number of ketones is 2. The van der Waals surface area contributed by atoms with Crippen molar-refractivity contribution in [2.45, 2.75) is 141 Å². The van der Waals surface area contributed by atoms with Gasteiger partial charge in [-0.25, -0.2) is 4.79 Å². The number of ether oxygens (including phenoxy) is 4. The van der Waals surface area contributed by atoms with Crippen LogP contribution >= 0.6 is 0 Å². The van der Waals surface area contributed by atoms with E-state index in [4.69, 9.17) is 23.9 Å². The monoisotopic (exact) mass is 767 g/mol. The molecular formula is C42H61N3O10. The van der Waals surface area contributed by atoms with Crippen LogP contribution in [0.3, 0.4) is 0 Å². The van der Waals surface area contributed by atoms with Crippen molar-refractivity contribution in [2.75, 3.05) is 20.6 Å². The van der Waals surface area contributed by atoms with Gasteiger partial charge in [-0.2, -0.15) is 0 Å². The fourth-order valence-electron chi connectivity index (χ4n) is 8.83. The van der Waals surface area contributed by atoms with Gasteiger partial charge in [-0.05, 0) is 85.5 Å². The number of esters is 1. The summed E-state index contributed by atoms with van der Waals surface area (Å²) >= 11 is 0. The zero-order chi connectivity index (χ0) is 40.4. The van der Waals surface area contributed by atoms with Gasteiger partial charge in [0, 0.05) is 41.4 Å². The SMILES string of the molecule is CC[C@H]1OC(=O)[C@H](C)C(=O)[C@H](C)[C@@H](O[C@H]2O[C@@H](C)C[C@@H](N(C)C)[C@@H]2O)[C@](C)(O)C[C@@H](C)C(=O)[C@H](C)[C@@H]2[C@@H]1OC(=O)N2CCCCc1ccc2ccccc2n1. The number of aryl methyl sites for hydroxylation is 1. The fourth-order valence-corrected chi connectivity index (χ4v) is 8.83. The van der Waals surface area contributed by atoms with Crippen molar-refractivity contribution in [3.05, 3.63) is 42.1 Å². The number of unbranched alkanes of at least 4 members (excludes halogenated alkanes) is 1. The Morgan fingerprint density at radius 1 is 0.964 bits per heavy atom. The first-order chi connectivity index (χ1) is 25.9. The summed E-state index contributed by atoms with van der Waals surface area (Å²) in [4.78, 5) is 63.9. The number of pyridine rings is 1. The van der Waals surface area contributed by atoms with Crippen molar-refractivity contribution < 1.29 is 48.3 Å². The number of rotatable bonds is 9. The lowest BCUT2D eigenvalue weighted by atomic mass is 9.75. The van der Waals surface area contributed by atoms with Gasteiger partial charge in [0.05, 0.1) is 29.4 Å². The first kappa shape index (κ1) is 42.6. The van der Waals surface area contributed by atoms with Gasteiger partial charge in [-0.1, -0.05) is 52.0 Å². The molecule has 3 aliphatic rings. The number of Topliss-reactive ketones (excluding diaryl/α,β-unsaturated/α-hetero) is 2. The molecule has 2 aromatic rings. The fraction of sp³-hybridized carbons (Fsp3) is 0.690. The van der Waals surface area contributed by atoms with Gasteiger partial charge >= 0.3 is 12.1 Å². The predicted octanol–water partition coefficient (Wildman–Crippen LogP) is 4.72. The van der Waals surface area contributed by atoms with Gasteiger partial charge in [-0.3, -0.25) is 19.4 Å². The van der Waals surface area contributed by atoms with Crippen LogP contribution in [0.25, 0.3) is 10.9 Å². The number of amides is 1. The number of carbonyl (C=O) groups excluding carboxylic acids is 4. The summed E-state index contributed by atoms with van der Waals surface area (Å²) in [5.41, 5.74) is 0.0682. The van der Waals surface area contributed by atoms with Crippen molar-refractivity contribution >= 4 is 34.5 Å². The number of fused-ring (bicyclic) bond motifs is 2. The van der Waals surface area contributed by atoms with Crippen molar-refractivity contribution in [3.63, 3.8) is 0 Å². The Bertz CT molecular complexity index is 1680. The maximum atomic E-state index is 14.4. The Morgan fingerprint density at radius 2 is 1.67 bits per heavy atom. The highest BCUT2D eigenvalue weighted by Gasteiger charge is 2.53. The molecule has 3 aliphatic heterocycles. The van der Waals surface area contributed by atoms with E-state index in [1.165, 1.54) is 13.8 Å². The molecule has 3 fully saturated rings. The third-order valence-corrected chi connectivity index (χ3v) is 12.0. The van der Waals surface area contributed by atoms with Crippen LogP contribution in [0.4, 0.5) is 4.79 Å². The molecule has 2 N–H and O–H groups in total. The Balaban J connectivity index is 1.40. The highest BCUT2D eigenvalue weighted by Crippen LogP contribution is 2.38. The normalized spacial score (nSPS) is 36.8. The Labute approximate surface area is 325 Å². The lowest BCUT2D eigenvalue weighted by molar-refractivity contribution is -0.293. The van der Waals surface area contributed by atoms with Gasteiger partial charge in [0.15, 0.2) is 18.2 Å². The van der Waals surface area contributed by atoms with E-state index in [1.54, 1.807) is 32.6 Å². The summed E-state index contributed by atoms with van der Waals surface area (Å²) in [7, 11) is 3.69. The molecule has 1 aromatic carbocycles. The summed E-state index contributed by atoms with van der Waals surface area (Å²) in [5, 5.41) is 24.5. The first-order valence-electron chi connectivity index (χ1n) is 19.9. The molecule has 4 heterocycles. The van der Waals surface area contributed by atoms with Gasteiger partial charge in [0.1, 0.15) is 23.9 Å². The minimum atomic E-state index is -1.79. The second kappa shape index (κ2) is 17.8. The highest BCUT2D eigenvalue weighted by molar-refractivity contribution is 6.00. The van der Waals surface area contributed by atoms with Crippen molar-refractivity contribution in [1.82, 2.24) is 14.8 Å². The van der Waals surface area contributed by atoms with Crippen LogP contribution in [0, 0.1) is 23.7 Å². The summed E-state index contributed by atoms with van der Waals surface area (Å²) in [6.45, 7) is 11.9. The number of aliphatic hydroxyl groups excluding tert-OH is 1. The average Bonchev–Trinajstić information content (AvgIpc) is 3.48. The van der Waals surface area contributed by atoms with Crippen LogP contribution in [-0.2, 0) is 39.8 Å². The van der Waals surface area contributed by atoms with Crippen molar-refractivity contribution in [2.24, 2.45) is 23.7 Å². The molecule has 304 valence electrons. The number of para-hydroxylation sites is 1. The molecule has 0 spiro atoms. The number of benzene rings is 1. The molecule has 55 heavy (non-hydrogen) atoms. The number of cyclic esters (lactones) is 1. The lowest BCUT2D eigenvalue weighted by Crippen LogP contribution is -2.59. The molecule has 1 amide bonds. The van der Waals surface area contributed by atoms with Crippen LogP contribution in [0.2, 0.25) is 0 Å². The molecule has 13 atom stereocenters. The summed E-state index contributed by atoms with van der Waals surface area (Å²) < 4.78 is 24.3. The topological polar surface area (TPSA) is 165 Å². The molecule has 0 radical (unpaired) electrons. The van der Waals surface area contributed by atoms with E-state index in [0.29, 0.717) is 25.8 Å². The van der Waals surface area contributed by atoms with E-state index in [-0.39, 0.29) is 30.8 Å². The van der Waals surface area contributed by atoms with Gasteiger partial charge in [-0.15, -0.1) is 0 Å². The molecule has 0 saturated carbocycles. The number of hydrogen-bond acceptors (Lipinski definition) is 12. The van der Waals surface area contributed by atoms with Gasteiger partial charge in [0.2, 0.25) is 0 Å². The maximum absolute atomic E-state index is 14.4. The quantitative estimate of drug-likeness (QED) is 0.205. The molecule has 0 aliphatic carbocycles. The highest BCUT2D eigenvalue weighted by atomic mass is 16.7. The van der Waals surface area contributed by atoms with Crippen LogP contribution in [-0.4, -0.2) is 124 Å². The summed E-state index contributed by atoms with van der Waals surface area (Å²) in [6, 6.07) is 10.9. The van der Waals surface area contributed by atoms with Crippen molar-refractivity contribution in [3.8, 4) is 0 Å². The standard InChI is InChI=1S/C42H61N3O10/c1-10-32-37-33(45(41(50)54-37)20-14-13-16-29-19-18-28-15-11-12-17-30(28)43-29)25(4)34(46)23(2)22-42(7,51)38(26(5)35(47)27(6)39(49)53-32)55-40-36(48)31(44(8)9)21-24(3)52-40/h11-12,15,17-19,23-27,31-33,36-38,40,48,51H,10,13-14,16,20-22H2,1-9H3/t23-,24+,25-,26+,27-,31-,32-,33-,36+,37-,38-,40-,42-/m1/s1. The number of hydrogen-bond donors (Lipinski definition) is 2. The number of aliphatic hydroxyl groups is 2. The zero-order valence-electron chi connectivity index (χ0n) is 33.8. The second-order valence-electron chi connectivity index (χ2n) is 16.6. The number of carbonyl (C=O) groups is 4. The maximum Gasteiger partial charge on any atom is 0.410 e. The molecule has 1 aromatic heterocycles. The molecule has 3 saturated heterocycles. The molecular weight excluding hydrogens is 706 g/mol. The van der Waals surface area contributed by atoms with Crippen LogP contribution in [0.1, 0.15) is 86.3 Å². The van der Waals surface area contributed by atoms with E-state index in [0.717, 1.165) is 23.0 Å². The van der Waals surface area contributed by atoms with Crippen molar-refractivity contribution in [1.29, 1.82) is 0 Å². The third kappa shape index (κ3) is 9.39.